The average molecular weight is 211 g/mol. The number of hydrogen-bond donors (Lipinski definition) is 2. The summed E-state index contributed by atoms with van der Waals surface area (Å²) in [4.78, 5) is 11.0. The molecule has 0 amide bonds. The van der Waals surface area contributed by atoms with Crippen LogP contribution in [0.2, 0.25) is 0 Å². The summed E-state index contributed by atoms with van der Waals surface area (Å²) in [5, 5.41) is 12.1. The van der Waals surface area contributed by atoms with E-state index >= 15 is 0 Å². The lowest BCUT2D eigenvalue weighted by Crippen LogP contribution is -2.32. The van der Waals surface area contributed by atoms with Crippen molar-refractivity contribution in [1.82, 2.24) is 5.32 Å². The summed E-state index contributed by atoms with van der Waals surface area (Å²) in [7, 11) is 0. The molecule has 0 heterocycles. The topological polar surface area (TPSA) is 49.3 Å². The van der Waals surface area contributed by atoms with E-state index in [1.54, 1.807) is 0 Å². The second-order valence-electron chi connectivity index (χ2n) is 3.71. The van der Waals surface area contributed by atoms with Gasteiger partial charge < -0.3 is 10.4 Å². The van der Waals surface area contributed by atoms with Gasteiger partial charge in [0, 0.05) is 6.04 Å². The predicted octanol–water partition coefficient (Wildman–Crippen LogP) is 0.965. The third-order valence-corrected chi connectivity index (χ3v) is 2.51. The molecule has 0 aromatic heterocycles. The Labute approximate surface area is 92.3 Å². The second-order valence-corrected chi connectivity index (χ2v) is 3.71. The number of carbonyl (C=O) groups is 1. The molecule has 3 nitrogen and oxygen atoms in total. The maximum atomic E-state index is 11.0. The Balaban J connectivity index is 3.61. The van der Waals surface area contributed by atoms with Crippen LogP contribution in [0.4, 0.5) is 0 Å². The summed E-state index contributed by atoms with van der Waals surface area (Å²) >= 11 is 0. The quantitative estimate of drug-likeness (QED) is 0.464. The molecule has 0 spiro atoms. The van der Waals surface area contributed by atoms with Gasteiger partial charge in [0.25, 0.3) is 0 Å². The molecule has 0 saturated heterocycles. The maximum absolute atomic E-state index is 11.0. The van der Waals surface area contributed by atoms with E-state index in [1.807, 2.05) is 6.92 Å². The molecule has 15 heavy (non-hydrogen) atoms. The highest BCUT2D eigenvalue weighted by molar-refractivity contribution is 5.80. The van der Waals surface area contributed by atoms with Crippen molar-refractivity contribution < 1.29 is 9.90 Å². The number of aliphatic hydroxyl groups is 1. The van der Waals surface area contributed by atoms with Crippen molar-refractivity contribution in [2.24, 2.45) is 5.92 Å². The number of aliphatic hydroxyl groups excluding tert-OH is 1. The Bertz CT molecular complexity index is 216. The van der Waals surface area contributed by atoms with Crippen LogP contribution in [-0.2, 0) is 4.79 Å². The monoisotopic (exact) mass is 211 g/mol. The first-order valence-electron chi connectivity index (χ1n) is 5.46. The summed E-state index contributed by atoms with van der Waals surface area (Å²) in [6, 6.07) is 0.159. The molecule has 2 N–H and O–H groups in total. The Morgan fingerprint density at radius 2 is 2.27 bits per heavy atom. The van der Waals surface area contributed by atoms with Crippen LogP contribution in [0, 0.1) is 18.3 Å². The predicted molar refractivity (Wildman–Crippen MR) is 61.4 cm³/mol. The SMILES string of the molecule is C#C[C@@H](CCCNC(CC)CO)C(C)=O. The zero-order chi connectivity index (χ0) is 11.7. The normalized spacial score (nSPS) is 14.3. The van der Waals surface area contributed by atoms with E-state index in [1.165, 1.54) is 6.92 Å². The van der Waals surface area contributed by atoms with Crippen LogP contribution in [-0.4, -0.2) is 30.1 Å². The second kappa shape index (κ2) is 8.46. The molecule has 0 saturated carbocycles. The van der Waals surface area contributed by atoms with Gasteiger partial charge in [0.1, 0.15) is 5.78 Å². The lowest BCUT2D eigenvalue weighted by molar-refractivity contribution is -0.119. The largest absolute Gasteiger partial charge is 0.395 e. The summed E-state index contributed by atoms with van der Waals surface area (Å²) < 4.78 is 0. The average Bonchev–Trinajstić information content (AvgIpc) is 2.23. The molecule has 2 atom stereocenters. The van der Waals surface area contributed by atoms with Crippen LogP contribution >= 0.6 is 0 Å². The third-order valence-electron chi connectivity index (χ3n) is 2.51. The summed E-state index contributed by atoms with van der Waals surface area (Å²) in [6.07, 6.45) is 7.73. The number of rotatable bonds is 8. The van der Waals surface area contributed by atoms with Gasteiger partial charge in [-0.3, -0.25) is 4.79 Å². The fraction of sp³-hybridized carbons (Fsp3) is 0.750. The van der Waals surface area contributed by atoms with E-state index < -0.39 is 0 Å². The minimum atomic E-state index is -0.249. The van der Waals surface area contributed by atoms with Gasteiger partial charge in [0.15, 0.2) is 0 Å². The number of terminal acetylenes is 1. The van der Waals surface area contributed by atoms with Crippen LogP contribution < -0.4 is 5.32 Å². The number of ketones is 1. The minimum Gasteiger partial charge on any atom is -0.395 e. The molecular formula is C12H21NO2. The Kier molecular flexibility index (Phi) is 7.98. The molecule has 0 aromatic rings. The van der Waals surface area contributed by atoms with Crippen LogP contribution in [0.5, 0.6) is 0 Å². The molecule has 0 fully saturated rings. The van der Waals surface area contributed by atoms with E-state index in [9.17, 15) is 4.79 Å². The summed E-state index contributed by atoms with van der Waals surface area (Å²) in [6.45, 7) is 4.50. The molecule has 0 aromatic carbocycles. The molecule has 3 heteroatoms. The molecule has 0 bridgehead atoms. The highest BCUT2D eigenvalue weighted by Gasteiger charge is 2.10. The molecule has 0 aliphatic heterocycles. The van der Waals surface area contributed by atoms with Crippen molar-refractivity contribution in [3.8, 4) is 12.3 Å². The molecule has 0 radical (unpaired) electrons. The minimum absolute atomic E-state index is 0.0618. The number of carbonyl (C=O) groups excluding carboxylic acids is 1. The number of hydrogen-bond acceptors (Lipinski definition) is 3. The van der Waals surface area contributed by atoms with Crippen LogP contribution in [0.25, 0.3) is 0 Å². The number of Topliss-reactive ketones (excluding diaryl/α,β-unsaturated/α-hetero) is 1. The molecule has 0 rings (SSSR count). The van der Waals surface area contributed by atoms with Gasteiger partial charge in [-0.1, -0.05) is 12.8 Å². The van der Waals surface area contributed by atoms with Crippen LogP contribution in [0.1, 0.15) is 33.1 Å². The standard InChI is InChI=1S/C12H21NO2/c1-4-11(10(3)15)7-6-8-13-12(5-2)9-14/h1,11-14H,5-9H2,2-3H3/t11-,12?/m0/s1. The fourth-order valence-corrected chi connectivity index (χ4v) is 1.35. The zero-order valence-electron chi connectivity index (χ0n) is 9.62. The highest BCUT2D eigenvalue weighted by atomic mass is 16.3. The third kappa shape index (κ3) is 6.27. The lowest BCUT2D eigenvalue weighted by atomic mass is 10.0. The molecule has 0 aliphatic rings. The van der Waals surface area contributed by atoms with Crippen LogP contribution in [0.15, 0.2) is 0 Å². The highest BCUT2D eigenvalue weighted by Crippen LogP contribution is 2.05. The zero-order valence-corrected chi connectivity index (χ0v) is 9.62. The van der Waals surface area contributed by atoms with Crippen molar-refractivity contribution in [3.05, 3.63) is 0 Å². The van der Waals surface area contributed by atoms with E-state index in [2.05, 4.69) is 11.2 Å². The molecule has 0 aliphatic carbocycles. The molecule has 86 valence electrons. The van der Waals surface area contributed by atoms with Crippen molar-refractivity contribution >= 4 is 5.78 Å². The lowest BCUT2D eigenvalue weighted by Gasteiger charge is -2.14. The van der Waals surface area contributed by atoms with Gasteiger partial charge in [-0.2, -0.15) is 0 Å². The maximum Gasteiger partial charge on any atom is 0.144 e. The first-order chi connectivity index (χ1) is 7.15. The van der Waals surface area contributed by atoms with Crippen LogP contribution in [0.3, 0.4) is 0 Å². The molecule has 1 unspecified atom stereocenters. The van der Waals surface area contributed by atoms with Crippen molar-refractivity contribution in [3.63, 3.8) is 0 Å². The van der Waals surface area contributed by atoms with E-state index in [0.717, 1.165) is 25.8 Å². The van der Waals surface area contributed by atoms with Gasteiger partial charge in [-0.15, -0.1) is 6.42 Å². The Morgan fingerprint density at radius 3 is 2.67 bits per heavy atom. The van der Waals surface area contributed by atoms with E-state index in [4.69, 9.17) is 11.5 Å². The first kappa shape index (κ1) is 14.2. The Hall–Kier alpha value is -0.850. The smallest absolute Gasteiger partial charge is 0.144 e. The van der Waals surface area contributed by atoms with Gasteiger partial charge in [-0.25, -0.2) is 0 Å². The van der Waals surface area contributed by atoms with E-state index in [0.29, 0.717) is 0 Å². The Morgan fingerprint density at radius 1 is 1.60 bits per heavy atom. The summed E-state index contributed by atoms with van der Waals surface area (Å²) in [5.41, 5.74) is 0. The fourth-order valence-electron chi connectivity index (χ4n) is 1.35. The van der Waals surface area contributed by atoms with Gasteiger partial charge in [0.05, 0.1) is 12.5 Å². The van der Waals surface area contributed by atoms with Crippen molar-refractivity contribution in [2.75, 3.05) is 13.2 Å². The van der Waals surface area contributed by atoms with Crippen molar-refractivity contribution in [1.29, 1.82) is 0 Å². The first-order valence-corrected chi connectivity index (χ1v) is 5.46. The summed E-state index contributed by atoms with van der Waals surface area (Å²) in [5.74, 6) is 2.30. The number of nitrogens with one attached hydrogen (secondary N) is 1. The van der Waals surface area contributed by atoms with Gasteiger partial charge >= 0.3 is 0 Å². The van der Waals surface area contributed by atoms with Crippen molar-refractivity contribution in [2.45, 2.75) is 39.2 Å². The van der Waals surface area contributed by atoms with E-state index in [-0.39, 0.29) is 24.3 Å². The molecular weight excluding hydrogens is 190 g/mol. The van der Waals surface area contributed by atoms with Gasteiger partial charge in [0.2, 0.25) is 0 Å². The van der Waals surface area contributed by atoms with Gasteiger partial charge in [-0.05, 0) is 32.7 Å².